The molecule has 0 radical (unpaired) electrons. The van der Waals surface area contributed by atoms with Crippen molar-refractivity contribution in [1.82, 2.24) is 0 Å². The van der Waals surface area contributed by atoms with E-state index < -0.39 is 0 Å². The summed E-state index contributed by atoms with van der Waals surface area (Å²) in [7, 11) is 0. The van der Waals surface area contributed by atoms with Crippen molar-refractivity contribution < 1.29 is 14.3 Å². The molecule has 0 bridgehead atoms. The van der Waals surface area contributed by atoms with Gasteiger partial charge in [0.05, 0.1) is 25.2 Å². The van der Waals surface area contributed by atoms with E-state index in [-0.39, 0.29) is 23.9 Å². The van der Waals surface area contributed by atoms with Crippen molar-refractivity contribution in [3.8, 4) is 0 Å². The maximum atomic E-state index is 11.7. The van der Waals surface area contributed by atoms with Crippen LogP contribution in [0.5, 0.6) is 0 Å². The number of carbonyl (C=O) groups is 1. The Morgan fingerprint density at radius 3 is 3.12 bits per heavy atom. The standard InChI is InChI=1S/C13H14O3/c1-2-15-13(14)11-10-9-6-4-3-5-8(9)7-16-12(10)11/h3-6,10-12H,2,7H2,1H3/t10-,11+,12?/m1/s1. The van der Waals surface area contributed by atoms with Gasteiger partial charge in [-0.15, -0.1) is 0 Å². The third-order valence-corrected chi connectivity index (χ3v) is 3.36. The van der Waals surface area contributed by atoms with Crippen molar-refractivity contribution in [2.75, 3.05) is 6.61 Å². The van der Waals surface area contributed by atoms with Crippen LogP contribution >= 0.6 is 0 Å². The van der Waals surface area contributed by atoms with Crippen LogP contribution in [-0.4, -0.2) is 18.7 Å². The highest BCUT2D eigenvalue weighted by Crippen LogP contribution is 2.54. The molecule has 1 unspecified atom stereocenters. The van der Waals surface area contributed by atoms with E-state index in [0.717, 1.165) is 0 Å². The molecule has 0 aromatic heterocycles. The van der Waals surface area contributed by atoms with E-state index in [1.165, 1.54) is 11.1 Å². The van der Waals surface area contributed by atoms with E-state index in [1.54, 1.807) is 0 Å². The van der Waals surface area contributed by atoms with E-state index in [9.17, 15) is 4.79 Å². The first-order valence-corrected chi connectivity index (χ1v) is 5.69. The summed E-state index contributed by atoms with van der Waals surface area (Å²) >= 11 is 0. The molecule has 1 aromatic carbocycles. The lowest BCUT2D eigenvalue weighted by Gasteiger charge is -2.14. The van der Waals surface area contributed by atoms with Gasteiger partial charge in [-0.1, -0.05) is 24.3 Å². The molecule has 2 aliphatic rings. The molecular weight excluding hydrogens is 204 g/mol. The number of fused-ring (bicyclic) bond motifs is 3. The quantitative estimate of drug-likeness (QED) is 0.711. The summed E-state index contributed by atoms with van der Waals surface area (Å²) in [6.07, 6.45) is 0.0500. The van der Waals surface area contributed by atoms with Crippen LogP contribution < -0.4 is 0 Å². The molecule has 1 heterocycles. The predicted octanol–water partition coefficient (Wildman–Crippen LogP) is 1.86. The second-order valence-electron chi connectivity index (χ2n) is 4.28. The molecule has 0 saturated heterocycles. The zero-order valence-corrected chi connectivity index (χ0v) is 9.18. The van der Waals surface area contributed by atoms with Gasteiger partial charge in [0.15, 0.2) is 0 Å². The number of benzene rings is 1. The largest absolute Gasteiger partial charge is 0.466 e. The minimum absolute atomic E-state index is 0.0500. The molecule has 1 aliphatic heterocycles. The van der Waals surface area contributed by atoms with Gasteiger partial charge in [-0.05, 0) is 18.1 Å². The Balaban J connectivity index is 1.85. The van der Waals surface area contributed by atoms with Crippen molar-refractivity contribution in [3.05, 3.63) is 35.4 Å². The summed E-state index contributed by atoms with van der Waals surface area (Å²) in [5, 5.41) is 0. The Morgan fingerprint density at radius 2 is 2.31 bits per heavy atom. The summed E-state index contributed by atoms with van der Waals surface area (Å²) in [6, 6.07) is 8.17. The number of esters is 1. The maximum absolute atomic E-state index is 11.7. The van der Waals surface area contributed by atoms with E-state index in [0.29, 0.717) is 13.2 Å². The van der Waals surface area contributed by atoms with Gasteiger partial charge in [0.25, 0.3) is 0 Å². The fourth-order valence-electron chi connectivity index (χ4n) is 2.56. The van der Waals surface area contributed by atoms with Gasteiger partial charge in [-0.2, -0.15) is 0 Å². The molecule has 1 saturated carbocycles. The molecule has 1 fully saturated rings. The van der Waals surface area contributed by atoms with E-state index >= 15 is 0 Å². The highest BCUT2D eigenvalue weighted by molar-refractivity contribution is 5.79. The molecule has 3 heteroatoms. The highest BCUT2D eigenvalue weighted by Gasteiger charge is 2.59. The topological polar surface area (TPSA) is 35.5 Å². The van der Waals surface area contributed by atoms with Crippen LogP contribution in [0.4, 0.5) is 0 Å². The minimum atomic E-state index is -0.116. The van der Waals surface area contributed by atoms with Crippen LogP contribution in [0.2, 0.25) is 0 Å². The van der Waals surface area contributed by atoms with Crippen molar-refractivity contribution in [1.29, 1.82) is 0 Å². The Bertz CT molecular complexity index is 427. The molecule has 0 N–H and O–H groups in total. The first-order chi connectivity index (χ1) is 7.83. The minimum Gasteiger partial charge on any atom is -0.466 e. The molecule has 3 rings (SSSR count). The fraction of sp³-hybridized carbons (Fsp3) is 0.462. The van der Waals surface area contributed by atoms with Gasteiger partial charge in [-0.25, -0.2) is 0 Å². The van der Waals surface area contributed by atoms with Crippen LogP contribution in [-0.2, 0) is 20.9 Å². The van der Waals surface area contributed by atoms with Crippen molar-refractivity contribution in [2.24, 2.45) is 5.92 Å². The third kappa shape index (κ3) is 1.35. The lowest BCUT2D eigenvalue weighted by Crippen LogP contribution is -2.10. The molecule has 3 nitrogen and oxygen atoms in total. The van der Waals surface area contributed by atoms with Gasteiger partial charge >= 0.3 is 5.97 Å². The molecule has 1 aromatic rings. The number of hydrogen-bond donors (Lipinski definition) is 0. The number of hydrogen-bond acceptors (Lipinski definition) is 3. The van der Waals surface area contributed by atoms with Crippen LogP contribution in [0.25, 0.3) is 0 Å². The van der Waals surface area contributed by atoms with Gasteiger partial charge in [0, 0.05) is 5.92 Å². The van der Waals surface area contributed by atoms with Gasteiger partial charge in [-0.3, -0.25) is 4.79 Å². The van der Waals surface area contributed by atoms with E-state index in [1.807, 2.05) is 19.1 Å². The zero-order valence-electron chi connectivity index (χ0n) is 9.18. The summed E-state index contributed by atoms with van der Waals surface area (Å²) in [5.41, 5.74) is 2.47. The molecular formula is C13H14O3. The van der Waals surface area contributed by atoms with Crippen molar-refractivity contribution in [3.63, 3.8) is 0 Å². The number of rotatable bonds is 2. The Kier molecular flexibility index (Phi) is 2.21. The van der Waals surface area contributed by atoms with Crippen LogP contribution in [0.15, 0.2) is 24.3 Å². The third-order valence-electron chi connectivity index (χ3n) is 3.36. The van der Waals surface area contributed by atoms with Gasteiger partial charge in [0.2, 0.25) is 0 Å². The SMILES string of the molecule is CCOC(=O)[C@@H]1C2OCc3ccccc3[C@@H]21. The lowest BCUT2D eigenvalue weighted by molar-refractivity contribution is -0.145. The Morgan fingerprint density at radius 1 is 1.50 bits per heavy atom. The van der Waals surface area contributed by atoms with Crippen LogP contribution in [0.1, 0.15) is 24.0 Å². The normalized spacial score (nSPS) is 30.2. The summed E-state index contributed by atoms with van der Waals surface area (Å²) in [4.78, 5) is 11.7. The Hall–Kier alpha value is -1.35. The number of ether oxygens (including phenoxy) is 2. The molecule has 3 atom stereocenters. The lowest BCUT2D eigenvalue weighted by atomic mass is 10.0. The Labute approximate surface area is 94.4 Å². The number of carbonyl (C=O) groups excluding carboxylic acids is 1. The summed E-state index contributed by atoms with van der Waals surface area (Å²) in [6.45, 7) is 2.89. The first kappa shape index (κ1) is 9.85. The average Bonchev–Trinajstić information content (AvgIpc) is 3.04. The van der Waals surface area contributed by atoms with E-state index in [4.69, 9.17) is 9.47 Å². The summed E-state index contributed by atoms with van der Waals surface area (Å²) in [5.74, 6) is 0.0294. The van der Waals surface area contributed by atoms with Crippen molar-refractivity contribution in [2.45, 2.75) is 25.6 Å². The van der Waals surface area contributed by atoms with Gasteiger partial charge < -0.3 is 9.47 Å². The van der Waals surface area contributed by atoms with E-state index in [2.05, 4.69) is 12.1 Å². The van der Waals surface area contributed by atoms with Gasteiger partial charge in [0.1, 0.15) is 0 Å². The fourth-order valence-corrected chi connectivity index (χ4v) is 2.56. The van der Waals surface area contributed by atoms with Crippen molar-refractivity contribution >= 4 is 5.97 Å². The maximum Gasteiger partial charge on any atom is 0.312 e. The molecule has 0 spiro atoms. The summed E-state index contributed by atoms with van der Waals surface area (Å²) < 4.78 is 10.7. The average molecular weight is 218 g/mol. The second kappa shape index (κ2) is 3.59. The second-order valence-corrected chi connectivity index (χ2v) is 4.28. The molecule has 84 valence electrons. The van der Waals surface area contributed by atoms with Crippen LogP contribution in [0, 0.1) is 5.92 Å². The molecule has 0 amide bonds. The predicted molar refractivity (Wildman–Crippen MR) is 57.9 cm³/mol. The first-order valence-electron chi connectivity index (χ1n) is 5.69. The zero-order chi connectivity index (χ0) is 11.1. The molecule has 1 aliphatic carbocycles. The smallest absolute Gasteiger partial charge is 0.312 e. The van der Waals surface area contributed by atoms with Crippen LogP contribution in [0.3, 0.4) is 0 Å². The molecule has 16 heavy (non-hydrogen) atoms. The monoisotopic (exact) mass is 218 g/mol. The highest BCUT2D eigenvalue weighted by atomic mass is 16.5.